The predicted octanol–water partition coefficient (Wildman–Crippen LogP) is 3.70. The van der Waals surface area contributed by atoms with E-state index in [1.165, 1.54) is 24.3 Å². The first kappa shape index (κ1) is 14.0. The molecule has 0 aromatic heterocycles. The maximum atomic E-state index is 12.8. The smallest absolute Gasteiger partial charge is 0.416 e. The van der Waals surface area contributed by atoms with Crippen LogP contribution in [0.2, 0.25) is 0 Å². The molecule has 2 rings (SSSR count). The molecule has 2 aromatic carbocycles. The summed E-state index contributed by atoms with van der Waals surface area (Å²) in [5.41, 5.74) is -1.05. The van der Waals surface area contributed by atoms with Gasteiger partial charge in [-0.2, -0.15) is 13.2 Å². The van der Waals surface area contributed by atoms with Crippen LogP contribution in [0.3, 0.4) is 0 Å². The monoisotopic (exact) mass is 284 g/mol. The average molecular weight is 284 g/mol. The van der Waals surface area contributed by atoms with E-state index in [1.54, 1.807) is 0 Å². The summed E-state index contributed by atoms with van der Waals surface area (Å²) in [5.74, 6) is -0.242. The molecular weight excluding hydrogens is 273 g/mol. The highest BCUT2D eigenvalue weighted by Gasteiger charge is 2.33. The van der Waals surface area contributed by atoms with E-state index in [9.17, 15) is 18.3 Å². The summed E-state index contributed by atoms with van der Waals surface area (Å²) in [5, 5.41) is 18.4. The van der Waals surface area contributed by atoms with Gasteiger partial charge in [0, 0.05) is 11.6 Å². The van der Waals surface area contributed by atoms with Crippen LogP contribution in [0.15, 0.2) is 42.5 Å². The number of hydrogen-bond acceptors (Lipinski definition) is 3. The third-order valence-electron chi connectivity index (χ3n) is 2.61. The normalized spacial score (nSPS) is 11.3. The van der Waals surface area contributed by atoms with Crippen LogP contribution in [0.1, 0.15) is 11.1 Å². The molecule has 0 bridgehead atoms. The highest BCUT2D eigenvalue weighted by atomic mass is 19.4. The van der Waals surface area contributed by atoms with Crippen LogP contribution in [0.4, 0.5) is 13.2 Å². The summed E-state index contributed by atoms with van der Waals surface area (Å²) in [7, 11) is 0. The van der Waals surface area contributed by atoms with Crippen molar-refractivity contribution in [2.45, 2.75) is 12.8 Å². The van der Waals surface area contributed by atoms with E-state index in [2.05, 4.69) is 0 Å². The first-order valence-corrected chi connectivity index (χ1v) is 5.67. The zero-order valence-corrected chi connectivity index (χ0v) is 10.2. The van der Waals surface area contributed by atoms with Gasteiger partial charge in [-0.15, -0.1) is 0 Å². The molecule has 20 heavy (non-hydrogen) atoms. The van der Waals surface area contributed by atoms with Crippen molar-refractivity contribution in [1.82, 2.24) is 0 Å². The van der Waals surface area contributed by atoms with Crippen molar-refractivity contribution in [2.24, 2.45) is 0 Å². The Bertz CT molecular complexity index is 609. The maximum absolute atomic E-state index is 12.8. The first-order chi connectivity index (χ1) is 9.36. The zero-order valence-electron chi connectivity index (χ0n) is 10.2. The summed E-state index contributed by atoms with van der Waals surface area (Å²) in [4.78, 5) is 0. The van der Waals surface area contributed by atoms with Gasteiger partial charge in [-0.1, -0.05) is 12.1 Å². The molecule has 0 radical (unpaired) electrons. The third-order valence-corrected chi connectivity index (χ3v) is 2.61. The second-order valence-corrected chi connectivity index (χ2v) is 4.13. The van der Waals surface area contributed by atoms with E-state index in [-0.39, 0.29) is 23.7 Å². The molecule has 0 heterocycles. The number of hydrogen-bond donors (Lipinski definition) is 2. The lowest BCUT2D eigenvalue weighted by Gasteiger charge is -2.14. The highest BCUT2D eigenvalue weighted by molar-refractivity contribution is 5.37. The van der Waals surface area contributed by atoms with Crippen LogP contribution in [0.5, 0.6) is 17.2 Å². The van der Waals surface area contributed by atoms with Gasteiger partial charge in [-0.25, -0.2) is 0 Å². The Hall–Kier alpha value is -2.37. The lowest BCUT2D eigenvalue weighted by Crippen LogP contribution is -2.10. The Morgan fingerprint density at radius 2 is 1.65 bits per heavy atom. The molecule has 0 saturated heterocycles. The van der Waals surface area contributed by atoms with Gasteiger partial charge in [0.15, 0.2) is 0 Å². The predicted molar refractivity (Wildman–Crippen MR) is 65.5 cm³/mol. The lowest BCUT2D eigenvalue weighted by atomic mass is 10.1. The molecule has 0 unspecified atom stereocenters. The van der Waals surface area contributed by atoms with Crippen LogP contribution in [0, 0.1) is 0 Å². The summed E-state index contributed by atoms with van der Waals surface area (Å²) >= 11 is 0. The fraction of sp³-hybridized carbons (Fsp3) is 0.143. The van der Waals surface area contributed by atoms with Gasteiger partial charge in [-0.3, -0.25) is 0 Å². The second-order valence-electron chi connectivity index (χ2n) is 4.13. The largest absolute Gasteiger partial charge is 0.508 e. The minimum absolute atomic E-state index is 0.0377. The molecular formula is C14H11F3O3. The maximum Gasteiger partial charge on any atom is 0.416 e. The summed E-state index contributed by atoms with van der Waals surface area (Å²) in [6.45, 7) is -0.321. The molecule has 0 atom stereocenters. The van der Waals surface area contributed by atoms with Gasteiger partial charge in [0.2, 0.25) is 0 Å². The summed E-state index contributed by atoms with van der Waals surface area (Å²) in [6.07, 6.45) is -4.57. The van der Waals surface area contributed by atoms with Crippen LogP contribution in [-0.4, -0.2) is 10.2 Å². The van der Waals surface area contributed by atoms with Crippen LogP contribution in [-0.2, 0) is 12.8 Å². The summed E-state index contributed by atoms with van der Waals surface area (Å²) < 4.78 is 43.6. The van der Waals surface area contributed by atoms with E-state index in [1.807, 2.05) is 0 Å². The number of alkyl halides is 3. The molecule has 3 nitrogen and oxygen atoms in total. The quantitative estimate of drug-likeness (QED) is 0.903. The van der Waals surface area contributed by atoms with Gasteiger partial charge in [0.1, 0.15) is 23.9 Å². The van der Waals surface area contributed by atoms with Gasteiger partial charge >= 0.3 is 6.18 Å². The minimum Gasteiger partial charge on any atom is -0.508 e. The number of halogens is 3. The van der Waals surface area contributed by atoms with Crippen LogP contribution >= 0.6 is 0 Å². The van der Waals surface area contributed by atoms with Crippen molar-refractivity contribution in [3.63, 3.8) is 0 Å². The topological polar surface area (TPSA) is 49.7 Å². The molecule has 0 amide bonds. The van der Waals surface area contributed by atoms with E-state index in [4.69, 9.17) is 9.84 Å². The van der Waals surface area contributed by atoms with Gasteiger partial charge < -0.3 is 14.9 Å². The average Bonchev–Trinajstić information content (AvgIpc) is 2.36. The second kappa shape index (κ2) is 5.32. The third kappa shape index (κ3) is 3.34. The van der Waals surface area contributed by atoms with Gasteiger partial charge in [0.05, 0.1) is 5.56 Å². The Kier molecular flexibility index (Phi) is 3.74. The standard InChI is InChI=1S/C14H11F3O3/c15-14(16,17)13-7-11(19)5-4-9(13)8-20-12-3-1-2-10(18)6-12/h1-7,18-19H,8H2. The molecule has 0 aliphatic carbocycles. The van der Waals surface area contributed by atoms with Crippen molar-refractivity contribution < 1.29 is 28.1 Å². The molecule has 2 N–H and O–H groups in total. The SMILES string of the molecule is Oc1cccc(OCc2ccc(O)cc2C(F)(F)F)c1. The molecule has 0 aliphatic heterocycles. The molecule has 106 valence electrons. The molecule has 0 aliphatic rings. The number of benzene rings is 2. The zero-order chi connectivity index (χ0) is 14.8. The Labute approximate surface area is 112 Å². The molecule has 0 fully saturated rings. The van der Waals surface area contributed by atoms with Gasteiger partial charge in [-0.05, 0) is 24.3 Å². The molecule has 0 spiro atoms. The van der Waals surface area contributed by atoms with Crippen molar-refractivity contribution in [3.8, 4) is 17.2 Å². The van der Waals surface area contributed by atoms with Crippen molar-refractivity contribution >= 4 is 0 Å². The molecule has 6 heteroatoms. The van der Waals surface area contributed by atoms with Gasteiger partial charge in [0.25, 0.3) is 0 Å². The Balaban J connectivity index is 2.21. The highest BCUT2D eigenvalue weighted by Crippen LogP contribution is 2.34. The number of ether oxygens (including phenoxy) is 1. The molecule has 0 saturated carbocycles. The summed E-state index contributed by atoms with van der Waals surface area (Å²) in [6, 6.07) is 8.74. The fourth-order valence-corrected chi connectivity index (χ4v) is 1.69. The number of rotatable bonds is 3. The van der Waals surface area contributed by atoms with Crippen LogP contribution in [0.25, 0.3) is 0 Å². The Morgan fingerprint density at radius 3 is 2.30 bits per heavy atom. The Morgan fingerprint density at radius 1 is 0.950 bits per heavy atom. The van der Waals surface area contributed by atoms with Crippen molar-refractivity contribution in [3.05, 3.63) is 53.6 Å². The van der Waals surface area contributed by atoms with E-state index < -0.39 is 17.5 Å². The van der Waals surface area contributed by atoms with Crippen LogP contribution < -0.4 is 4.74 Å². The lowest BCUT2D eigenvalue weighted by molar-refractivity contribution is -0.138. The van der Waals surface area contributed by atoms with Crippen molar-refractivity contribution in [1.29, 1.82) is 0 Å². The fourth-order valence-electron chi connectivity index (χ4n) is 1.69. The van der Waals surface area contributed by atoms with Crippen molar-refractivity contribution in [2.75, 3.05) is 0 Å². The minimum atomic E-state index is -4.57. The first-order valence-electron chi connectivity index (χ1n) is 5.67. The number of phenols is 2. The molecule has 2 aromatic rings. The number of phenolic OH excluding ortho intramolecular Hbond substituents is 2. The van der Waals surface area contributed by atoms with E-state index in [0.29, 0.717) is 6.07 Å². The van der Waals surface area contributed by atoms with E-state index >= 15 is 0 Å². The van der Waals surface area contributed by atoms with E-state index in [0.717, 1.165) is 12.1 Å². The number of aromatic hydroxyl groups is 2.